The first-order valence-corrected chi connectivity index (χ1v) is 9.09. The molecule has 2 aromatic rings. The zero-order valence-electron chi connectivity index (χ0n) is 11.6. The second-order valence-corrected chi connectivity index (χ2v) is 7.68. The van der Waals surface area contributed by atoms with E-state index in [2.05, 4.69) is 27.9 Å². The van der Waals surface area contributed by atoms with Gasteiger partial charge in [0.15, 0.2) is 5.17 Å². The number of fused-ring (bicyclic) bond motifs is 1. The maximum atomic E-state index is 6.29. The molecule has 0 radical (unpaired) electrons. The molecule has 3 rings (SSSR count). The molecule has 8 heteroatoms. The van der Waals surface area contributed by atoms with Gasteiger partial charge in [-0.15, -0.1) is 0 Å². The predicted octanol–water partition coefficient (Wildman–Crippen LogP) is 4.93. The van der Waals surface area contributed by atoms with Crippen molar-refractivity contribution in [1.82, 2.24) is 8.75 Å². The van der Waals surface area contributed by atoms with Crippen LogP contribution in [0.2, 0.25) is 10.0 Å². The number of nitrogens with zero attached hydrogens (tertiary/aromatic N) is 3. The van der Waals surface area contributed by atoms with E-state index in [1.54, 1.807) is 17.8 Å². The average molecular weight is 361 g/mol. The molecule has 1 aliphatic rings. The van der Waals surface area contributed by atoms with Crippen LogP contribution in [0.15, 0.2) is 11.1 Å². The Morgan fingerprint density at radius 2 is 2.05 bits per heavy atom. The van der Waals surface area contributed by atoms with Gasteiger partial charge in [-0.25, -0.2) is 0 Å². The van der Waals surface area contributed by atoms with E-state index in [1.165, 1.54) is 0 Å². The van der Waals surface area contributed by atoms with Crippen LogP contribution in [-0.4, -0.2) is 25.7 Å². The predicted molar refractivity (Wildman–Crippen MR) is 94.2 cm³/mol. The molecule has 0 spiro atoms. The molecule has 0 amide bonds. The minimum Gasteiger partial charge on any atom is -0.332 e. The van der Waals surface area contributed by atoms with Gasteiger partial charge < -0.3 is 5.32 Å². The normalized spacial score (nSPS) is 18.5. The van der Waals surface area contributed by atoms with Crippen LogP contribution in [0.1, 0.15) is 20.3 Å². The van der Waals surface area contributed by atoms with Gasteiger partial charge in [-0.1, -0.05) is 48.8 Å². The van der Waals surface area contributed by atoms with Gasteiger partial charge in [0.1, 0.15) is 11.0 Å². The lowest BCUT2D eigenvalue weighted by Crippen LogP contribution is -2.08. The van der Waals surface area contributed by atoms with Crippen LogP contribution < -0.4 is 5.32 Å². The lowest BCUT2D eigenvalue weighted by atomic mass is 10.1. The number of rotatable bonds is 3. The fourth-order valence-electron chi connectivity index (χ4n) is 2.25. The molecule has 2 heterocycles. The van der Waals surface area contributed by atoms with Crippen LogP contribution in [-0.2, 0) is 0 Å². The van der Waals surface area contributed by atoms with E-state index in [9.17, 15) is 0 Å². The maximum absolute atomic E-state index is 6.29. The number of aromatic nitrogens is 2. The van der Waals surface area contributed by atoms with Gasteiger partial charge in [-0.2, -0.15) is 8.75 Å². The molecule has 112 valence electrons. The number of anilines is 1. The molecule has 1 unspecified atom stereocenters. The lowest BCUT2D eigenvalue weighted by molar-refractivity contribution is 0.529. The molecule has 0 aliphatic carbocycles. The molecule has 0 fully saturated rings. The highest BCUT2D eigenvalue weighted by atomic mass is 35.5. The van der Waals surface area contributed by atoms with Crippen molar-refractivity contribution >= 4 is 68.6 Å². The van der Waals surface area contributed by atoms with Crippen LogP contribution in [0.25, 0.3) is 11.0 Å². The Morgan fingerprint density at radius 1 is 1.29 bits per heavy atom. The van der Waals surface area contributed by atoms with Crippen molar-refractivity contribution in [3.05, 3.63) is 16.1 Å². The summed E-state index contributed by atoms with van der Waals surface area (Å²) in [5.41, 5.74) is 2.12. The van der Waals surface area contributed by atoms with Crippen LogP contribution in [0.5, 0.6) is 0 Å². The first-order valence-electron chi connectivity index (χ1n) is 6.62. The Morgan fingerprint density at radius 3 is 2.81 bits per heavy atom. The summed E-state index contributed by atoms with van der Waals surface area (Å²) < 4.78 is 8.49. The van der Waals surface area contributed by atoms with Crippen molar-refractivity contribution < 1.29 is 0 Å². The number of nitrogens with one attached hydrogen (secondary N) is 1. The number of benzene rings is 1. The Balaban J connectivity index is 1.87. The summed E-state index contributed by atoms with van der Waals surface area (Å²) in [6.45, 7) is 4.43. The van der Waals surface area contributed by atoms with Gasteiger partial charge in [0, 0.05) is 5.75 Å². The van der Waals surface area contributed by atoms with E-state index < -0.39 is 0 Å². The Bertz CT molecular complexity index is 699. The van der Waals surface area contributed by atoms with E-state index in [0.29, 0.717) is 33.0 Å². The van der Waals surface area contributed by atoms with E-state index in [4.69, 9.17) is 28.2 Å². The number of amidine groups is 1. The minimum atomic E-state index is 0.368. The third kappa shape index (κ3) is 3.28. The van der Waals surface area contributed by atoms with Crippen LogP contribution in [0.3, 0.4) is 0 Å². The highest BCUT2D eigenvalue weighted by Crippen LogP contribution is 2.36. The quantitative estimate of drug-likeness (QED) is 0.842. The van der Waals surface area contributed by atoms with E-state index in [0.717, 1.165) is 34.8 Å². The Labute approximate surface area is 141 Å². The summed E-state index contributed by atoms with van der Waals surface area (Å²) in [4.78, 5) is 4.71. The number of hydrogen-bond donors (Lipinski definition) is 1. The molecular formula is C13H14Cl2N4S2. The summed E-state index contributed by atoms with van der Waals surface area (Å²) in [6.07, 6.45) is 1.10. The number of aliphatic imine (C=N–C) groups is 1. The zero-order valence-corrected chi connectivity index (χ0v) is 14.7. The van der Waals surface area contributed by atoms with Crippen LogP contribution in [0.4, 0.5) is 5.69 Å². The summed E-state index contributed by atoms with van der Waals surface area (Å²) in [5, 5.41) is 5.24. The third-order valence-electron chi connectivity index (χ3n) is 3.13. The maximum Gasteiger partial charge on any atom is 0.161 e. The van der Waals surface area contributed by atoms with Crippen molar-refractivity contribution in [1.29, 1.82) is 0 Å². The van der Waals surface area contributed by atoms with Gasteiger partial charge in [-0.05, 0) is 18.4 Å². The van der Waals surface area contributed by atoms with Crippen molar-refractivity contribution in [2.75, 3.05) is 11.1 Å². The molecule has 1 aromatic carbocycles. The van der Waals surface area contributed by atoms with Crippen LogP contribution >= 0.6 is 46.7 Å². The molecule has 1 N–H and O–H groups in total. The topological polar surface area (TPSA) is 50.2 Å². The van der Waals surface area contributed by atoms with Crippen molar-refractivity contribution in [3.8, 4) is 0 Å². The standard InChI is InChI=1S/C13H14Cl2N4S2/c1-6(2)3-7-5-20-13(16-7)17-10-8(14)4-9(15)11-12(10)19-21-18-11/h4,6-7H,3,5H2,1-2H3,(H,16,17). The Hall–Kier alpha value is -0.560. The van der Waals surface area contributed by atoms with Crippen molar-refractivity contribution in [3.63, 3.8) is 0 Å². The smallest absolute Gasteiger partial charge is 0.161 e. The summed E-state index contributed by atoms with van der Waals surface area (Å²) in [7, 11) is 0. The SMILES string of the molecule is CC(C)CC1CSC(Nc2c(Cl)cc(Cl)c3nsnc23)=N1. The average Bonchev–Trinajstić information content (AvgIpc) is 3.02. The fraction of sp³-hybridized carbons (Fsp3) is 0.462. The third-order valence-corrected chi connectivity index (χ3v) is 5.28. The van der Waals surface area contributed by atoms with Gasteiger partial charge in [0.25, 0.3) is 0 Å². The number of halogens is 2. The molecule has 0 saturated heterocycles. The molecule has 1 aromatic heterocycles. The second kappa shape index (κ2) is 6.28. The number of thioether (sulfide) groups is 1. The summed E-state index contributed by atoms with van der Waals surface area (Å²) in [6, 6.07) is 2.06. The second-order valence-electron chi connectivity index (χ2n) is 5.33. The monoisotopic (exact) mass is 360 g/mol. The fourth-order valence-corrected chi connectivity index (χ4v) is 4.37. The van der Waals surface area contributed by atoms with Gasteiger partial charge in [-0.3, -0.25) is 4.99 Å². The molecule has 1 aliphatic heterocycles. The van der Waals surface area contributed by atoms with E-state index in [-0.39, 0.29) is 0 Å². The molecule has 0 bridgehead atoms. The first-order chi connectivity index (χ1) is 10.0. The van der Waals surface area contributed by atoms with Crippen molar-refractivity contribution in [2.45, 2.75) is 26.3 Å². The highest BCUT2D eigenvalue weighted by molar-refractivity contribution is 8.14. The molecule has 21 heavy (non-hydrogen) atoms. The summed E-state index contributed by atoms with van der Waals surface area (Å²) >= 11 is 15.3. The van der Waals surface area contributed by atoms with Crippen LogP contribution in [0, 0.1) is 5.92 Å². The van der Waals surface area contributed by atoms with Gasteiger partial charge >= 0.3 is 0 Å². The highest BCUT2D eigenvalue weighted by Gasteiger charge is 2.22. The Kier molecular flexibility index (Phi) is 4.59. The first kappa shape index (κ1) is 15.3. The summed E-state index contributed by atoms with van der Waals surface area (Å²) in [5.74, 6) is 1.65. The van der Waals surface area contributed by atoms with E-state index in [1.807, 2.05) is 0 Å². The lowest BCUT2D eigenvalue weighted by Gasteiger charge is -2.09. The molecule has 0 saturated carbocycles. The van der Waals surface area contributed by atoms with Gasteiger partial charge in [0.2, 0.25) is 0 Å². The molecular weight excluding hydrogens is 347 g/mol. The zero-order chi connectivity index (χ0) is 15.0. The van der Waals surface area contributed by atoms with Gasteiger partial charge in [0.05, 0.1) is 33.5 Å². The molecule has 4 nitrogen and oxygen atoms in total. The molecule has 1 atom stereocenters. The van der Waals surface area contributed by atoms with Crippen molar-refractivity contribution in [2.24, 2.45) is 10.9 Å². The minimum absolute atomic E-state index is 0.368. The van der Waals surface area contributed by atoms with E-state index >= 15 is 0 Å². The number of hydrogen-bond acceptors (Lipinski definition) is 6. The largest absolute Gasteiger partial charge is 0.332 e.